The van der Waals surface area contributed by atoms with Gasteiger partial charge in [-0.05, 0) is 19.8 Å². The number of H-pyrrole nitrogens is 1. The molecule has 2 amide bonds. The second-order valence-electron chi connectivity index (χ2n) is 5.05. The van der Waals surface area contributed by atoms with Crippen LogP contribution in [0.25, 0.3) is 0 Å². The Morgan fingerprint density at radius 3 is 2.37 bits per heavy atom. The van der Waals surface area contributed by atoms with Crippen molar-refractivity contribution in [2.24, 2.45) is 5.92 Å². The van der Waals surface area contributed by atoms with Crippen LogP contribution in [-0.4, -0.2) is 28.1 Å². The van der Waals surface area contributed by atoms with E-state index in [9.17, 15) is 9.59 Å². The van der Waals surface area contributed by atoms with Gasteiger partial charge in [0, 0.05) is 24.7 Å². The predicted molar refractivity (Wildman–Crippen MR) is 72.4 cm³/mol. The molecule has 0 unspecified atom stereocenters. The van der Waals surface area contributed by atoms with Crippen molar-refractivity contribution in [2.45, 2.75) is 47.2 Å². The van der Waals surface area contributed by atoms with E-state index in [-0.39, 0.29) is 17.7 Å². The number of nitrogens with one attached hydrogen (secondary N) is 3. The molecule has 6 heteroatoms. The fourth-order valence-electron chi connectivity index (χ4n) is 1.87. The van der Waals surface area contributed by atoms with Crippen LogP contribution in [0.1, 0.15) is 37.7 Å². The largest absolute Gasteiger partial charge is 0.350 e. The van der Waals surface area contributed by atoms with E-state index in [1.165, 1.54) is 6.92 Å². The summed E-state index contributed by atoms with van der Waals surface area (Å²) in [5.74, 6) is -0.342. The molecule has 1 rings (SSSR count). The lowest BCUT2D eigenvalue weighted by Crippen LogP contribution is -2.48. The molecule has 1 heterocycles. The first-order valence-corrected chi connectivity index (χ1v) is 6.38. The Morgan fingerprint density at radius 2 is 1.95 bits per heavy atom. The summed E-state index contributed by atoms with van der Waals surface area (Å²) in [5, 5.41) is 12.5. The highest BCUT2D eigenvalue weighted by molar-refractivity contribution is 5.87. The lowest BCUT2D eigenvalue weighted by atomic mass is 10.0. The maximum Gasteiger partial charge on any atom is 0.243 e. The molecule has 0 aliphatic carbocycles. The van der Waals surface area contributed by atoms with Gasteiger partial charge in [-0.15, -0.1) is 0 Å². The van der Waals surface area contributed by atoms with E-state index in [1.54, 1.807) is 0 Å². The van der Waals surface area contributed by atoms with Crippen LogP contribution in [0.2, 0.25) is 0 Å². The first-order valence-electron chi connectivity index (χ1n) is 6.38. The zero-order valence-corrected chi connectivity index (χ0v) is 12.1. The number of hydrogen-bond acceptors (Lipinski definition) is 3. The van der Waals surface area contributed by atoms with Crippen molar-refractivity contribution in [3.8, 4) is 0 Å². The number of carbonyl (C=O) groups excluding carboxylic acids is 2. The Kier molecular flexibility index (Phi) is 5.09. The molecule has 3 N–H and O–H groups in total. The summed E-state index contributed by atoms with van der Waals surface area (Å²) in [6.45, 7) is 9.42. The maximum absolute atomic E-state index is 12.1. The first-order chi connectivity index (χ1) is 8.82. The zero-order chi connectivity index (χ0) is 14.6. The molecule has 6 nitrogen and oxygen atoms in total. The van der Waals surface area contributed by atoms with E-state index in [4.69, 9.17) is 0 Å². The topological polar surface area (TPSA) is 86.9 Å². The fourth-order valence-corrected chi connectivity index (χ4v) is 1.87. The molecule has 0 bridgehead atoms. The maximum atomic E-state index is 12.1. The van der Waals surface area contributed by atoms with Crippen molar-refractivity contribution in [3.05, 3.63) is 17.0 Å². The van der Waals surface area contributed by atoms with Crippen molar-refractivity contribution >= 4 is 11.8 Å². The van der Waals surface area contributed by atoms with Crippen molar-refractivity contribution in [1.29, 1.82) is 0 Å². The molecule has 0 aliphatic heterocycles. The third kappa shape index (κ3) is 4.08. The fraction of sp³-hybridized carbons (Fsp3) is 0.615. The van der Waals surface area contributed by atoms with Gasteiger partial charge < -0.3 is 10.6 Å². The molecule has 0 spiro atoms. The van der Waals surface area contributed by atoms with Crippen LogP contribution in [0.5, 0.6) is 0 Å². The molecule has 0 saturated carbocycles. The van der Waals surface area contributed by atoms with Crippen molar-refractivity contribution in [1.82, 2.24) is 20.8 Å². The summed E-state index contributed by atoms with van der Waals surface area (Å²) in [6.07, 6.45) is 0. The number of nitrogens with zero attached hydrogens (tertiary/aromatic N) is 1. The van der Waals surface area contributed by atoms with E-state index in [1.807, 2.05) is 27.7 Å². The molecule has 1 atom stereocenters. The Bertz CT molecular complexity index is 446. The highest BCUT2D eigenvalue weighted by Crippen LogP contribution is 2.09. The Balaban J connectivity index is 2.65. The number of hydrogen-bond donors (Lipinski definition) is 3. The third-order valence-corrected chi connectivity index (χ3v) is 3.03. The summed E-state index contributed by atoms with van der Waals surface area (Å²) in [4.78, 5) is 23.2. The summed E-state index contributed by atoms with van der Waals surface area (Å²) < 4.78 is 0. The number of amides is 2. The standard InChI is InChI=1S/C13H22N4O2/c1-7(2)12(15-10(5)18)13(19)14-6-11-8(3)16-17-9(11)4/h7,12H,6H2,1-5H3,(H,14,19)(H,15,18)(H,16,17)/t12-/m1/s1. The normalized spacial score (nSPS) is 12.3. The highest BCUT2D eigenvalue weighted by Gasteiger charge is 2.23. The molecule has 19 heavy (non-hydrogen) atoms. The van der Waals surface area contributed by atoms with Gasteiger partial charge in [0.2, 0.25) is 11.8 Å². The van der Waals surface area contributed by atoms with Gasteiger partial charge in [-0.3, -0.25) is 14.7 Å². The molecule has 0 aliphatic rings. The van der Waals surface area contributed by atoms with Gasteiger partial charge in [-0.2, -0.15) is 5.10 Å². The molecule has 1 aromatic heterocycles. The number of aromatic amines is 1. The third-order valence-electron chi connectivity index (χ3n) is 3.03. The minimum absolute atomic E-state index is 0.0374. The summed E-state index contributed by atoms with van der Waals surface area (Å²) in [5.41, 5.74) is 2.80. The monoisotopic (exact) mass is 266 g/mol. The summed E-state index contributed by atoms with van der Waals surface area (Å²) in [6, 6.07) is -0.509. The minimum atomic E-state index is -0.509. The van der Waals surface area contributed by atoms with Crippen LogP contribution >= 0.6 is 0 Å². The van der Waals surface area contributed by atoms with Crippen LogP contribution in [0, 0.1) is 19.8 Å². The summed E-state index contributed by atoms with van der Waals surface area (Å²) in [7, 11) is 0. The number of aromatic nitrogens is 2. The Labute approximate surface area is 113 Å². The van der Waals surface area contributed by atoms with Gasteiger partial charge in [0.25, 0.3) is 0 Å². The molecule has 0 fully saturated rings. The smallest absolute Gasteiger partial charge is 0.243 e. The van der Waals surface area contributed by atoms with Crippen molar-refractivity contribution < 1.29 is 9.59 Å². The van der Waals surface area contributed by atoms with E-state index in [0.717, 1.165) is 17.0 Å². The molecule has 0 aromatic carbocycles. The van der Waals surface area contributed by atoms with Crippen LogP contribution in [0.3, 0.4) is 0 Å². The number of carbonyl (C=O) groups is 2. The van der Waals surface area contributed by atoms with Gasteiger partial charge in [0.15, 0.2) is 0 Å². The summed E-state index contributed by atoms with van der Waals surface area (Å²) >= 11 is 0. The van der Waals surface area contributed by atoms with Gasteiger partial charge in [-0.1, -0.05) is 13.8 Å². The van der Waals surface area contributed by atoms with Gasteiger partial charge in [-0.25, -0.2) is 0 Å². The highest BCUT2D eigenvalue weighted by atomic mass is 16.2. The van der Waals surface area contributed by atoms with Gasteiger partial charge in [0.05, 0.1) is 5.69 Å². The van der Waals surface area contributed by atoms with Gasteiger partial charge in [0.1, 0.15) is 6.04 Å². The minimum Gasteiger partial charge on any atom is -0.350 e. The number of aryl methyl sites for hydroxylation is 2. The average molecular weight is 266 g/mol. The number of rotatable bonds is 5. The van der Waals surface area contributed by atoms with E-state index in [0.29, 0.717) is 6.54 Å². The van der Waals surface area contributed by atoms with Crippen molar-refractivity contribution in [3.63, 3.8) is 0 Å². The quantitative estimate of drug-likeness (QED) is 0.737. The lowest BCUT2D eigenvalue weighted by Gasteiger charge is -2.20. The molecule has 0 radical (unpaired) electrons. The molecular formula is C13H22N4O2. The van der Waals surface area contributed by atoms with Gasteiger partial charge >= 0.3 is 0 Å². The molecule has 1 aromatic rings. The first kappa shape index (κ1) is 15.2. The average Bonchev–Trinajstić information content (AvgIpc) is 2.62. The zero-order valence-electron chi connectivity index (χ0n) is 12.1. The van der Waals surface area contributed by atoms with Crippen LogP contribution < -0.4 is 10.6 Å². The molecule has 0 saturated heterocycles. The van der Waals surface area contributed by atoms with Crippen LogP contribution in [0.15, 0.2) is 0 Å². The Morgan fingerprint density at radius 1 is 1.32 bits per heavy atom. The van der Waals surface area contributed by atoms with E-state index >= 15 is 0 Å². The lowest BCUT2D eigenvalue weighted by molar-refractivity contribution is -0.129. The van der Waals surface area contributed by atoms with Crippen LogP contribution in [0.4, 0.5) is 0 Å². The SMILES string of the molecule is CC(=O)N[C@@H](C(=O)NCc1c(C)n[nH]c1C)C(C)C. The molecular weight excluding hydrogens is 244 g/mol. The van der Waals surface area contributed by atoms with Crippen LogP contribution in [-0.2, 0) is 16.1 Å². The predicted octanol–water partition coefficient (Wildman–Crippen LogP) is 0.803. The second-order valence-corrected chi connectivity index (χ2v) is 5.05. The van der Waals surface area contributed by atoms with Crippen molar-refractivity contribution in [2.75, 3.05) is 0 Å². The second kappa shape index (κ2) is 6.36. The Hall–Kier alpha value is -1.85. The molecule has 106 valence electrons. The van der Waals surface area contributed by atoms with E-state index < -0.39 is 6.04 Å². The van der Waals surface area contributed by atoms with E-state index in [2.05, 4.69) is 20.8 Å².